The molecule has 0 unspecified atom stereocenters. The van der Waals surface area contributed by atoms with E-state index in [0.29, 0.717) is 0 Å². The Hall–Kier alpha value is -1.65. The van der Waals surface area contributed by atoms with E-state index in [1.54, 1.807) is 0 Å². The summed E-state index contributed by atoms with van der Waals surface area (Å²) < 4.78 is 0. The average molecular weight is 529 g/mol. The summed E-state index contributed by atoms with van der Waals surface area (Å²) in [6.07, 6.45) is 3.42. The Balaban J connectivity index is 0.000000442. The van der Waals surface area contributed by atoms with Crippen LogP contribution in [-0.2, 0) is 40.3 Å². The molecular weight excluding hydrogens is 496 g/mol. The molecule has 0 amide bonds. The fourth-order valence-corrected chi connectivity index (χ4v) is 3.33. The monoisotopic (exact) mass is 529 g/mol. The number of hydrogen-bond donors (Lipinski definition) is 0. The van der Waals surface area contributed by atoms with Gasteiger partial charge in [0, 0.05) is 21.1 Å². The van der Waals surface area contributed by atoms with E-state index in [9.17, 15) is 0 Å². The van der Waals surface area contributed by atoms with Crippen molar-refractivity contribution in [3.8, 4) is 11.1 Å². The van der Waals surface area contributed by atoms with Crippen molar-refractivity contribution in [2.75, 3.05) is 0 Å². The van der Waals surface area contributed by atoms with Gasteiger partial charge in [0.2, 0.25) is 0 Å². The first-order chi connectivity index (χ1) is 12.3. The zero-order valence-electron chi connectivity index (χ0n) is 17.5. The first-order valence-corrected chi connectivity index (χ1v) is 9.56. The van der Waals surface area contributed by atoms with Crippen LogP contribution in [0.3, 0.4) is 0 Å². The number of rotatable bonds is 2. The molecule has 144 valence electrons. The van der Waals surface area contributed by atoms with Gasteiger partial charge in [0.15, 0.2) is 0 Å². The zero-order chi connectivity index (χ0) is 18.1. The van der Waals surface area contributed by atoms with Crippen LogP contribution in [0.4, 0.5) is 0 Å². The summed E-state index contributed by atoms with van der Waals surface area (Å²) in [6, 6.07) is 25.9. The van der Waals surface area contributed by atoms with Crippen LogP contribution in [0.1, 0.15) is 49.9 Å². The first kappa shape index (κ1) is 25.3. The standard InChI is InChI=1S/C13H10.C10H14.C2H6.CH3.W/c1-3-7-12-10(5-1)9-11-6-2-4-8-13(11)12;1-3-9-7-5-6-8-10(9)4-2;1-2;;/h1-8H,9H2;5-8H,3-4H2,1-2H3;1-2H3;1H3;/q;;;-1;. The molecule has 0 radical (unpaired) electrons. The van der Waals surface area contributed by atoms with Crippen molar-refractivity contribution in [1.82, 2.24) is 0 Å². The van der Waals surface area contributed by atoms with Gasteiger partial charge in [-0.1, -0.05) is 100 Å². The van der Waals surface area contributed by atoms with Gasteiger partial charge in [-0.3, -0.25) is 0 Å². The first-order valence-electron chi connectivity index (χ1n) is 9.56. The minimum Gasteiger partial charge on any atom is -0.358 e. The number of hydrogen-bond acceptors (Lipinski definition) is 0. The molecule has 0 bridgehead atoms. The topological polar surface area (TPSA) is 0 Å². The fourth-order valence-electron chi connectivity index (χ4n) is 3.33. The smallest absolute Gasteiger partial charge is 0 e. The summed E-state index contributed by atoms with van der Waals surface area (Å²) in [5.74, 6) is 0. The summed E-state index contributed by atoms with van der Waals surface area (Å²) in [4.78, 5) is 0. The summed E-state index contributed by atoms with van der Waals surface area (Å²) in [5, 5.41) is 0. The number of fused-ring (bicyclic) bond motifs is 3. The quantitative estimate of drug-likeness (QED) is 0.236. The molecule has 1 aliphatic rings. The van der Waals surface area contributed by atoms with Gasteiger partial charge in [-0.2, -0.15) is 0 Å². The molecule has 4 rings (SSSR count). The molecule has 0 heterocycles. The van der Waals surface area contributed by atoms with Crippen LogP contribution in [0, 0.1) is 7.43 Å². The Morgan fingerprint density at radius 2 is 0.926 bits per heavy atom. The molecule has 0 atom stereocenters. The molecule has 0 saturated heterocycles. The predicted molar refractivity (Wildman–Crippen MR) is 118 cm³/mol. The molecule has 0 fully saturated rings. The normalized spacial score (nSPS) is 9.78. The Kier molecular flexibility index (Phi) is 12.7. The Morgan fingerprint density at radius 3 is 1.30 bits per heavy atom. The van der Waals surface area contributed by atoms with Crippen LogP contribution in [-0.4, -0.2) is 0 Å². The molecule has 0 saturated carbocycles. The third-order valence-electron chi connectivity index (χ3n) is 4.59. The van der Waals surface area contributed by atoms with E-state index in [1.165, 1.54) is 33.4 Å². The van der Waals surface area contributed by atoms with Crippen molar-refractivity contribution in [2.45, 2.75) is 47.0 Å². The summed E-state index contributed by atoms with van der Waals surface area (Å²) >= 11 is 0. The Bertz CT molecular complexity index is 723. The molecule has 0 aliphatic heterocycles. The van der Waals surface area contributed by atoms with Crippen LogP contribution in [0.2, 0.25) is 0 Å². The zero-order valence-corrected chi connectivity index (χ0v) is 20.4. The van der Waals surface area contributed by atoms with Gasteiger partial charge in [0.25, 0.3) is 0 Å². The van der Waals surface area contributed by atoms with Crippen molar-refractivity contribution >= 4 is 0 Å². The average Bonchev–Trinajstić information content (AvgIpc) is 3.08. The van der Waals surface area contributed by atoms with Crippen LogP contribution in [0.25, 0.3) is 11.1 Å². The molecule has 0 spiro atoms. The second kappa shape index (κ2) is 13.5. The Morgan fingerprint density at radius 1 is 0.593 bits per heavy atom. The SMILES string of the molecule is CC.CCc1ccccc1CC.[CH3-].[W].c1ccc2c(c1)Cc1ccccc1-2. The van der Waals surface area contributed by atoms with E-state index >= 15 is 0 Å². The molecule has 3 aromatic carbocycles. The van der Waals surface area contributed by atoms with Gasteiger partial charge in [-0.25, -0.2) is 0 Å². The molecule has 27 heavy (non-hydrogen) atoms. The van der Waals surface area contributed by atoms with Gasteiger partial charge in [-0.05, 0) is 52.6 Å². The summed E-state index contributed by atoms with van der Waals surface area (Å²) in [7, 11) is 0. The van der Waals surface area contributed by atoms with Gasteiger partial charge in [0.05, 0.1) is 0 Å². The molecule has 0 nitrogen and oxygen atoms in total. The van der Waals surface area contributed by atoms with E-state index in [2.05, 4.69) is 86.6 Å². The molecule has 0 N–H and O–H groups in total. The van der Waals surface area contributed by atoms with Crippen molar-refractivity contribution in [3.63, 3.8) is 0 Å². The Labute approximate surface area is 181 Å². The van der Waals surface area contributed by atoms with Crippen LogP contribution in [0.15, 0.2) is 72.8 Å². The summed E-state index contributed by atoms with van der Waals surface area (Å²) in [6.45, 7) is 8.41. The second-order valence-corrected chi connectivity index (χ2v) is 5.97. The van der Waals surface area contributed by atoms with Crippen LogP contribution in [0.5, 0.6) is 0 Å². The summed E-state index contributed by atoms with van der Waals surface area (Å²) in [5.41, 5.74) is 8.73. The van der Waals surface area contributed by atoms with Crippen molar-refractivity contribution < 1.29 is 21.1 Å². The third-order valence-corrected chi connectivity index (χ3v) is 4.59. The maximum Gasteiger partial charge on any atom is 0 e. The minimum absolute atomic E-state index is 0. The van der Waals surface area contributed by atoms with Gasteiger partial charge in [0.1, 0.15) is 0 Å². The maximum atomic E-state index is 2.22. The molecule has 1 aliphatic carbocycles. The largest absolute Gasteiger partial charge is 0.358 e. The van der Waals surface area contributed by atoms with Gasteiger partial charge < -0.3 is 7.43 Å². The number of benzene rings is 3. The van der Waals surface area contributed by atoms with E-state index in [4.69, 9.17) is 0 Å². The van der Waals surface area contributed by atoms with Crippen molar-refractivity contribution in [2.24, 2.45) is 0 Å². The van der Waals surface area contributed by atoms with Crippen LogP contribution >= 0.6 is 0 Å². The second-order valence-electron chi connectivity index (χ2n) is 5.97. The van der Waals surface area contributed by atoms with E-state index in [1.807, 2.05) is 13.8 Å². The van der Waals surface area contributed by atoms with Crippen molar-refractivity contribution in [3.05, 3.63) is 102 Å². The molecule has 0 aromatic heterocycles. The van der Waals surface area contributed by atoms with E-state index in [-0.39, 0.29) is 28.5 Å². The maximum absolute atomic E-state index is 2.22. The predicted octanol–water partition coefficient (Wildman–Crippen LogP) is 7.54. The minimum atomic E-state index is 0. The molecule has 1 heteroatoms. The van der Waals surface area contributed by atoms with E-state index in [0.717, 1.165) is 19.3 Å². The number of aryl methyl sites for hydroxylation is 2. The molecule has 3 aromatic rings. The van der Waals surface area contributed by atoms with Gasteiger partial charge >= 0.3 is 0 Å². The fraction of sp³-hybridized carbons (Fsp3) is 0.269. The van der Waals surface area contributed by atoms with Gasteiger partial charge in [-0.15, -0.1) is 0 Å². The third kappa shape index (κ3) is 6.47. The van der Waals surface area contributed by atoms with Crippen molar-refractivity contribution in [1.29, 1.82) is 0 Å². The van der Waals surface area contributed by atoms with E-state index < -0.39 is 0 Å². The van der Waals surface area contributed by atoms with Crippen LogP contribution < -0.4 is 0 Å². The molecular formula is C26H33W-.